The zero-order valence-electron chi connectivity index (χ0n) is 6.93. The molecule has 0 amide bonds. The molecule has 0 saturated carbocycles. The molecule has 2 N–H and O–H groups in total. The highest BCUT2D eigenvalue weighted by Crippen LogP contribution is 2.30. The van der Waals surface area contributed by atoms with Gasteiger partial charge in [-0.2, -0.15) is 0 Å². The van der Waals surface area contributed by atoms with Crippen molar-refractivity contribution in [3.05, 3.63) is 33.3 Å². The monoisotopic (exact) mass is 265 g/mol. The summed E-state index contributed by atoms with van der Waals surface area (Å²) in [4.78, 5) is 0. The van der Waals surface area contributed by atoms with Crippen LogP contribution in [0, 0.1) is 0 Å². The number of nitrogens with two attached hydrogens (primary N) is 1. The SMILES string of the molecule is NCCC(F)c1ccc(Br)cc1Cl. The zero-order chi connectivity index (χ0) is 9.84. The lowest BCUT2D eigenvalue weighted by atomic mass is 10.1. The summed E-state index contributed by atoms with van der Waals surface area (Å²) in [6.07, 6.45) is -0.757. The first kappa shape index (κ1) is 11.0. The largest absolute Gasteiger partial charge is 0.330 e. The summed E-state index contributed by atoms with van der Waals surface area (Å²) in [7, 11) is 0. The molecule has 1 aromatic rings. The van der Waals surface area contributed by atoms with Gasteiger partial charge in [0.05, 0.1) is 0 Å². The van der Waals surface area contributed by atoms with Crippen LogP contribution in [0.2, 0.25) is 5.02 Å². The maximum Gasteiger partial charge on any atom is 0.128 e. The Balaban J connectivity index is 2.88. The average molecular weight is 267 g/mol. The van der Waals surface area contributed by atoms with Crippen LogP contribution in [0.15, 0.2) is 22.7 Å². The van der Waals surface area contributed by atoms with E-state index in [1.54, 1.807) is 18.2 Å². The van der Waals surface area contributed by atoms with Gasteiger partial charge in [-0.15, -0.1) is 0 Å². The van der Waals surface area contributed by atoms with Crippen molar-refractivity contribution in [1.82, 2.24) is 0 Å². The summed E-state index contributed by atoms with van der Waals surface area (Å²) in [6.45, 7) is 0.327. The van der Waals surface area contributed by atoms with Crippen molar-refractivity contribution >= 4 is 27.5 Å². The maximum atomic E-state index is 13.3. The van der Waals surface area contributed by atoms with Crippen LogP contribution in [-0.4, -0.2) is 6.54 Å². The van der Waals surface area contributed by atoms with E-state index in [9.17, 15) is 4.39 Å². The summed E-state index contributed by atoms with van der Waals surface area (Å²) in [5.74, 6) is 0. The standard InChI is InChI=1S/C9H10BrClFN/c10-6-1-2-7(8(11)5-6)9(12)3-4-13/h1-2,5,9H,3-4,13H2. The number of benzene rings is 1. The van der Waals surface area contributed by atoms with Crippen LogP contribution in [-0.2, 0) is 0 Å². The fourth-order valence-corrected chi connectivity index (χ4v) is 1.85. The van der Waals surface area contributed by atoms with Gasteiger partial charge in [-0.3, -0.25) is 0 Å². The number of rotatable bonds is 3. The molecule has 1 aromatic carbocycles. The molecule has 0 aliphatic rings. The van der Waals surface area contributed by atoms with E-state index >= 15 is 0 Å². The number of hydrogen-bond donors (Lipinski definition) is 1. The summed E-state index contributed by atoms with van der Waals surface area (Å²) < 4.78 is 14.2. The Hall–Kier alpha value is -0.120. The van der Waals surface area contributed by atoms with Crippen molar-refractivity contribution in [2.45, 2.75) is 12.6 Å². The highest BCUT2D eigenvalue weighted by atomic mass is 79.9. The van der Waals surface area contributed by atoms with E-state index in [0.717, 1.165) is 4.47 Å². The quantitative estimate of drug-likeness (QED) is 0.891. The number of halogens is 3. The topological polar surface area (TPSA) is 26.0 Å². The van der Waals surface area contributed by atoms with Crippen LogP contribution >= 0.6 is 27.5 Å². The lowest BCUT2D eigenvalue weighted by Gasteiger charge is -2.08. The van der Waals surface area contributed by atoms with Crippen molar-refractivity contribution in [1.29, 1.82) is 0 Å². The lowest BCUT2D eigenvalue weighted by Crippen LogP contribution is -2.03. The zero-order valence-corrected chi connectivity index (χ0v) is 9.28. The molecule has 0 aromatic heterocycles. The van der Waals surface area contributed by atoms with E-state index in [1.165, 1.54) is 0 Å². The van der Waals surface area contributed by atoms with E-state index in [1.807, 2.05) is 0 Å². The molecule has 1 unspecified atom stereocenters. The average Bonchev–Trinajstić information content (AvgIpc) is 2.04. The summed E-state index contributed by atoms with van der Waals surface area (Å²) in [5, 5.41) is 0.440. The van der Waals surface area contributed by atoms with Gasteiger partial charge in [-0.1, -0.05) is 33.6 Å². The first-order valence-corrected chi connectivity index (χ1v) is 5.11. The molecule has 0 spiro atoms. The summed E-state index contributed by atoms with van der Waals surface area (Å²) >= 11 is 9.10. The Morgan fingerprint density at radius 2 is 2.23 bits per heavy atom. The number of hydrogen-bond acceptors (Lipinski definition) is 1. The van der Waals surface area contributed by atoms with Crippen molar-refractivity contribution in [2.24, 2.45) is 5.73 Å². The van der Waals surface area contributed by atoms with E-state index in [4.69, 9.17) is 17.3 Å². The Bertz CT molecular complexity index is 293. The van der Waals surface area contributed by atoms with Gasteiger partial charge in [0.25, 0.3) is 0 Å². The summed E-state index contributed by atoms with van der Waals surface area (Å²) in [6, 6.07) is 5.12. The minimum Gasteiger partial charge on any atom is -0.330 e. The molecule has 0 aliphatic carbocycles. The first-order chi connectivity index (χ1) is 6.15. The Morgan fingerprint density at radius 3 is 2.77 bits per heavy atom. The van der Waals surface area contributed by atoms with Gasteiger partial charge in [0.15, 0.2) is 0 Å². The van der Waals surface area contributed by atoms with Crippen molar-refractivity contribution in [2.75, 3.05) is 6.54 Å². The van der Waals surface area contributed by atoms with Crippen LogP contribution in [0.4, 0.5) is 4.39 Å². The second kappa shape index (κ2) is 4.94. The minimum atomic E-state index is -1.06. The van der Waals surface area contributed by atoms with E-state index in [-0.39, 0.29) is 0 Å². The second-order valence-corrected chi connectivity index (χ2v) is 4.03. The van der Waals surface area contributed by atoms with Crippen molar-refractivity contribution < 1.29 is 4.39 Å². The normalized spacial score (nSPS) is 12.9. The molecule has 72 valence electrons. The lowest BCUT2D eigenvalue weighted by molar-refractivity contribution is 0.328. The van der Waals surface area contributed by atoms with Gasteiger partial charge >= 0.3 is 0 Å². The maximum absolute atomic E-state index is 13.3. The second-order valence-electron chi connectivity index (χ2n) is 2.71. The Labute approximate surface area is 90.2 Å². The smallest absolute Gasteiger partial charge is 0.128 e. The molecule has 1 nitrogen and oxygen atoms in total. The molecular formula is C9H10BrClFN. The Kier molecular flexibility index (Phi) is 4.16. The van der Waals surface area contributed by atoms with Gasteiger partial charge in [-0.05, 0) is 25.1 Å². The van der Waals surface area contributed by atoms with E-state index in [2.05, 4.69) is 15.9 Å². The van der Waals surface area contributed by atoms with Crippen LogP contribution in [0.3, 0.4) is 0 Å². The molecular weight excluding hydrogens is 256 g/mol. The highest BCUT2D eigenvalue weighted by Gasteiger charge is 2.12. The molecule has 1 rings (SSSR count). The molecule has 0 heterocycles. The summed E-state index contributed by atoms with van der Waals surface area (Å²) in [5.41, 5.74) is 5.76. The predicted octanol–water partition coefficient (Wildman–Crippen LogP) is 3.46. The third-order valence-electron chi connectivity index (χ3n) is 1.72. The number of alkyl halides is 1. The minimum absolute atomic E-state index is 0.307. The fourth-order valence-electron chi connectivity index (χ4n) is 1.06. The first-order valence-electron chi connectivity index (χ1n) is 3.94. The molecule has 1 atom stereocenters. The van der Waals surface area contributed by atoms with Gasteiger partial charge in [-0.25, -0.2) is 4.39 Å². The van der Waals surface area contributed by atoms with Crippen LogP contribution in [0.25, 0.3) is 0 Å². The molecule has 0 aliphatic heterocycles. The third-order valence-corrected chi connectivity index (χ3v) is 2.54. The van der Waals surface area contributed by atoms with E-state index < -0.39 is 6.17 Å². The van der Waals surface area contributed by atoms with Crippen molar-refractivity contribution in [3.8, 4) is 0 Å². The molecule has 13 heavy (non-hydrogen) atoms. The molecule has 0 saturated heterocycles. The Morgan fingerprint density at radius 1 is 1.54 bits per heavy atom. The predicted molar refractivity (Wildman–Crippen MR) is 56.7 cm³/mol. The van der Waals surface area contributed by atoms with Gasteiger partial charge in [0, 0.05) is 15.1 Å². The van der Waals surface area contributed by atoms with Crippen LogP contribution in [0.1, 0.15) is 18.2 Å². The van der Waals surface area contributed by atoms with Gasteiger partial charge < -0.3 is 5.73 Å². The fraction of sp³-hybridized carbons (Fsp3) is 0.333. The highest BCUT2D eigenvalue weighted by molar-refractivity contribution is 9.10. The molecule has 4 heteroatoms. The van der Waals surface area contributed by atoms with Gasteiger partial charge in [0.1, 0.15) is 6.17 Å². The molecule has 0 radical (unpaired) electrons. The van der Waals surface area contributed by atoms with Crippen LogP contribution < -0.4 is 5.73 Å². The van der Waals surface area contributed by atoms with Gasteiger partial charge in [0.2, 0.25) is 0 Å². The van der Waals surface area contributed by atoms with Crippen molar-refractivity contribution in [3.63, 3.8) is 0 Å². The van der Waals surface area contributed by atoms with Crippen LogP contribution in [0.5, 0.6) is 0 Å². The molecule has 0 fully saturated rings. The molecule has 0 bridgehead atoms. The third kappa shape index (κ3) is 2.93. The van der Waals surface area contributed by atoms with E-state index in [0.29, 0.717) is 23.6 Å².